The predicted octanol–water partition coefficient (Wildman–Crippen LogP) is 2.15. The van der Waals surface area contributed by atoms with Crippen LogP contribution in [-0.4, -0.2) is 38.4 Å². The molecule has 1 aromatic carbocycles. The van der Waals surface area contributed by atoms with Crippen molar-refractivity contribution >= 4 is 10.0 Å². The van der Waals surface area contributed by atoms with Gasteiger partial charge in [-0.05, 0) is 62.8 Å². The van der Waals surface area contributed by atoms with E-state index in [2.05, 4.69) is 5.32 Å². The van der Waals surface area contributed by atoms with Crippen molar-refractivity contribution in [1.82, 2.24) is 9.62 Å². The second kappa shape index (κ2) is 6.07. The number of sulfonamides is 1. The molecule has 1 saturated heterocycles. The van der Waals surface area contributed by atoms with E-state index in [-0.39, 0.29) is 0 Å². The molecule has 0 amide bonds. The number of benzene rings is 1. The average molecular weight is 308 g/mol. The van der Waals surface area contributed by atoms with Gasteiger partial charge in [0.25, 0.3) is 0 Å². The number of nitrogens with zero attached hydrogens (tertiary/aromatic N) is 1. The van der Waals surface area contributed by atoms with E-state index in [9.17, 15) is 8.42 Å². The number of piperidine rings is 1. The Balaban J connectivity index is 1.69. The molecule has 0 spiro atoms. The van der Waals surface area contributed by atoms with Gasteiger partial charge in [0, 0.05) is 19.1 Å². The van der Waals surface area contributed by atoms with E-state index >= 15 is 0 Å². The topological polar surface area (TPSA) is 49.4 Å². The largest absolute Gasteiger partial charge is 0.314 e. The maximum atomic E-state index is 12.7. The van der Waals surface area contributed by atoms with E-state index < -0.39 is 10.0 Å². The molecule has 1 N–H and O–H groups in total. The molecule has 0 radical (unpaired) electrons. The fourth-order valence-corrected chi connectivity index (χ4v) is 4.62. The van der Waals surface area contributed by atoms with Gasteiger partial charge in [-0.25, -0.2) is 8.42 Å². The first kappa shape index (κ1) is 15.0. The molecule has 1 saturated carbocycles. The standard InChI is InChI=1S/C16H24N2O2S/c1-13-4-2-6-16(10-13)21(19,20)18-9-3-5-14(12-18)11-17-15-7-8-15/h2,4,6,10,14-15,17H,3,5,7-9,11-12H2,1H3. The minimum absolute atomic E-state index is 0.429. The van der Waals surface area contributed by atoms with Gasteiger partial charge in [0.15, 0.2) is 0 Å². The molecule has 2 fully saturated rings. The second-order valence-corrected chi connectivity index (χ2v) is 8.31. The zero-order valence-corrected chi connectivity index (χ0v) is 13.4. The summed E-state index contributed by atoms with van der Waals surface area (Å²) in [6, 6.07) is 7.90. The van der Waals surface area contributed by atoms with Crippen LogP contribution in [0.25, 0.3) is 0 Å². The molecule has 1 unspecified atom stereocenters. The molecular formula is C16H24N2O2S. The summed E-state index contributed by atoms with van der Waals surface area (Å²) in [7, 11) is -3.33. The summed E-state index contributed by atoms with van der Waals surface area (Å²) < 4.78 is 27.2. The maximum Gasteiger partial charge on any atom is 0.243 e. The van der Waals surface area contributed by atoms with E-state index in [0.717, 1.165) is 24.9 Å². The van der Waals surface area contributed by atoms with Crippen LogP contribution in [0.1, 0.15) is 31.2 Å². The van der Waals surface area contributed by atoms with Gasteiger partial charge in [0.05, 0.1) is 4.90 Å². The monoisotopic (exact) mass is 308 g/mol. The summed E-state index contributed by atoms with van der Waals surface area (Å²) in [5.74, 6) is 0.443. The van der Waals surface area contributed by atoms with Crippen LogP contribution in [0, 0.1) is 12.8 Å². The highest BCUT2D eigenvalue weighted by molar-refractivity contribution is 7.89. The van der Waals surface area contributed by atoms with Crippen LogP contribution in [0.2, 0.25) is 0 Å². The summed E-state index contributed by atoms with van der Waals surface area (Å²) in [5, 5.41) is 3.53. The summed E-state index contributed by atoms with van der Waals surface area (Å²) in [4.78, 5) is 0.429. The predicted molar refractivity (Wildman–Crippen MR) is 83.7 cm³/mol. The minimum Gasteiger partial charge on any atom is -0.314 e. The van der Waals surface area contributed by atoms with Gasteiger partial charge in [0.2, 0.25) is 10.0 Å². The van der Waals surface area contributed by atoms with Crippen LogP contribution in [0.4, 0.5) is 0 Å². The van der Waals surface area contributed by atoms with Crippen molar-refractivity contribution in [2.24, 2.45) is 5.92 Å². The van der Waals surface area contributed by atoms with Crippen molar-refractivity contribution < 1.29 is 8.42 Å². The lowest BCUT2D eigenvalue weighted by Crippen LogP contribution is -2.43. The van der Waals surface area contributed by atoms with Crippen LogP contribution in [-0.2, 0) is 10.0 Å². The minimum atomic E-state index is -3.33. The first-order chi connectivity index (χ1) is 10.1. The average Bonchev–Trinajstić information content (AvgIpc) is 3.30. The highest BCUT2D eigenvalue weighted by Gasteiger charge is 2.31. The van der Waals surface area contributed by atoms with Crippen molar-refractivity contribution in [1.29, 1.82) is 0 Å². The van der Waals surface area contributed by atoms with E-state index in [0.29, 0.717) is 29.9 Å². The molecule has 116 valence electrons. The molecule has 1 aliphatic carbocycles. The zero-order chi connectivity index (χ0) is 14.9. The van der Waals surface area contributed by atoms with Crippen molar-refractivity contribution in [2.75, 3.05) is 19.6 Å². The quantitative estimate of drug-likeness (QED) is 0.907. The van der Waals surface area contributed by atoms with Crippen LogP contribution >= 0.6 is 0 Å². The van der Waals surface area contributed by atoms with Crippen molar-refractivity contribution in [3.05, 3.63) is 29.8 Å². The Morgan fingerprint density at radius 1 is 1.29 bits per heavy atom. The molecule has 21 heavy (non-hydrogen) atoms. The van der Waals surface area contributed by atoms with Gasteiger partial charge >= 0.3 is 0 Å². The summed E-state index contributed by atoms with van der Waals surface area (Å²) >= 11 is 0. The Labute approximate surface area is 127 Å². The fourth-order valence-electron chi connectivity index (χ4n) is 2.96. The molecule has 1 aliphatic heterocycles. The number of aryl methyl sites for hydroxylation is 1. The number of nitrogens with one attached hydrogen (secondary N) is 1. The lowest BCUT2D eigenvalue weighted by Gasteiger charge is -2.32. The molecule has 0 aromatic heterocycles. The third-order valence-electron chi connectivity index (χ3n) is 4.38. The highest BCUT2D eigenvalue weighted by Crippen LogP contribution is 2.25. The van der Waals surface area contributed by atoms with Gasteiger partial charge in [-0.1, -0.05) is 12.1 Å². The molecule has 1 atom stereocenters. The Kier molecular flexibility index (Phi) is 4.33. The zero-order valence-electron chi connectivity index (χ0n) is 12.6. The van der Waals surface area contributed by atoms with Gasteiger partial charge in [0.1, 0.15) is 0 Å². The lowest BCUT2D eigenvalue weighted by atomic mass is 10.00. The lowest BCUT2D eigenvalue weighted by molar-refractivity contribution is 0.259. The van der Waals surface area contributed by atoms with Crippen LogP contribution < -0.4 is 5.32 Å². The molecule has 0 bridgehead atoms. The molecule has 4 nitrogen and oxygen atoms in total. The summed E-state index contributed by atoms with van der Waals surface area (Å²) in [6.07, 6.45) is 4.64. The van der Waals surface area contributed by atoms with E-state index in [1.54, 1.807) is 16.4 Å². The molecule has 3 rings (SSSR count). The van der Waals surface area contributed by atoms with E-state index in [1.807, 2.05) is 19.1 Å². The molecule has 5 heteroatoms. The third-order valence-corrected chi connectivity index (χ3v) is 6.24. The number of rotatable bonds is 5. The Hall–Kier alpha value is -0.910. The molecular weight excluding hydrogens is 284 g/mol. The van der Waals surface area contributed by atoms with Gasteiger partial charge < -0.3 is 5.32 Å². The van der Waals surface area contributed by atoms with Crippen LogP contribution in [0.3, 0.4) is 0 Å². The highest BCUT2D eigenvalue weighted by atomic mass is 32.2. The SMILES string of the molecule is Cc1cccc(S(=O)(=O)N2CCCC(CNC3CC3)C2)c1. The van der Waals surface area contributed by atoms with Crippen molar-refractivity contribution in [3.8, 4) is 0 Å². The summed E-state index contributed by atoms with van der Waals surface area (Å²) in [6.45, 7) is 4.17. The third kappa shape index (κ3) is 3.65. The molecule has 1 heterocycles. The molecule has 1 aromatic rings. The normalized spacial score (nSPS) is 24.1. The van der Waals surface area contributed by atoms with Crippen LogP contribution in [0.15, 0.2) is 29.2 Å². The fraction of sp³-hybridized carbons (Fsp3) is 0.625. The smallest absolute Gasteiger partial charge is 0.243 e. The van der Waals surface area contributed by atoms with Crippen LogP contribution in [0.5, 0.6) is 0 Å². The summed E-state index contributed by atoms with van der Waals surface area (Å²) in [5.41, 5.74) is 0.986. The van der Waals surface area contributed by atoms with E-state index in [1.165, 1.54) is 12.8 Å². The second-order valence-electron chi connectivity index (χ2n) is 6.37. The first-order valence-electron chi connectivity index (χ1n) is 7.86. The van der Waals surface area contributed by atoms with Gasteiger partial charge in [-0.15, -0.1) is 0 Å². The van der Waals surface area contributed by atoms with E-state index in [4.69, 9.17) is 0 Å². The van der Waals surface area contributed by atoms with Gasteiger partial charge in [-0.3, -0.25) is 0 Å². The Morgan fingerprint density at radius 3 is 2.81 bits per heavy atom. The Bertz CT molecular complexity index is 596. The number of hydrogen-bond acceptors (Lipinski definition) is 3. The maximum absolute atomic E-state index is 12.7. The van der Waals surface area contributed by atoms with Crippen molar-refractivity contribution in [3.63, 3.8) is 0 Å². The van der Waals surface area contributed by atoms with Crippen molar-refractivity contribution in [2.45, 2.75) is 43.5 Å². The van der Waals surface area contributed by atoms with Gasteiger partial charge in [-0.2, -0.15) is 4.31 Å². The molecule has 2 aliphatic rings. The number of hydrogen-bond donors (Lipinski definition) is 1. The Morgan fingerprint density at radius 2 is 2.10 bits per heavy atom. The first-order valence-corrected chi connectivity index (χ1v) is 9.30.